The molecule has 0 spiro atoms. The first-order valence-corrected chi connectivity index (χ1v) is 25.1. The second-order valence-electron chi connectivity index (χ2n) is 15.0. The zero-order valence-electron chi connectivity index (χ0n) is 41.9. The average molecular weight is 1070 g/mol. The standard InChI is InChI=1S/C15H17NO2.C11H13NO2.C8H13NO2.2C7H8.C4H6Br2.C4H9O.Li/c1-3-13-10-15(13,14(17)18-4-2)16-11-12-8-6-5-7-9-12;1-2-14-11(13)9-12-8-10-6-4-3-5-7-10;1-3-6-5-8(6,9)7(10)11-4-2;2*1-7-5-3-2-4-6-7;5-3-1-2-4-6;1-2-3-4-5;/h3,5-9,11,13H,1,4,10H2,2H3;3-8H,2,9H2,1H3;3,6H,1,4-5,9H2,2H3;2*2-6H,1H3;1-2H,3-4H2;2-4H2,1H3;/q;;;;;;-1;+1/b;;;;;2-1+;;. The predicted molar refractivity (Wildman–Crippen MR) is 288 cm³/mol. The summed E-state index contributed by atoms with van der Waals surface area (Å²) in [6.07, 6.45) is 14.2. The Kier molecular flexibility index (Phi) is 40.6. The first-order valence-electron chi connectivity index (χ1n) is 22.9. The molecule has 2 N–H and O–H groups in total. The molecule has 2 fully saturated rings. The molecular formula is C56H74Br2LiN3O7. The van der Waals surface area contributed by atoms with E-state index in [0.717, 1.165) is 34.6 Å². The van der Waals surface area contributed by atoms with Crippen molar-refractivity contribution < 1.29 is 52.6 Å². The average Bonchev–Trinajstić information content (AvgIpc) is 4.27. The number of hydrogen-bond acceptors (Lipinski definition) is 10. The molecular weight excluding hydrogens is 993 g/mol. The van der Waals surface area contributed by atoms with Crippen LogP contribution in [-0.2, 0) is 28.6 Å². The van der Waals surface area contributed by atoms with Gasteiger partial charge >= 0.3 is 36.8 Å². The quantitative estimate of drug-likeness (QED) is 0.0295. The van der Waals surface area contributed by atoms with Crippen LogP contribution in [0.3, 0.4) is 0 Å². The van der Waals surface area contributed by atoms with Crippen LogP contribution < -0.4 is 29.7 Å². The third kappa shape index (κ3) is 31.2. The number of hydrogen-bond donors (Lipinski definition) is 1. The van der Waals surface area contributed by atoms with Gasteiger partial charge in [0.1, 0.15) is 12.1 Å². The Balaban J connectivity index is 0. The monoisotopic (exact) mass is 1070 g/mol. The Hall–Kier alpha value is -4.67. The van der Waals surface area contributed by atoms with Gasteiger partial charge in [-0.05, 0) is 58.6 Å². The van der Waals surface area contributed by atoms with E-state index in [9.17, 15) is 19.5 Å². The van der Waals surface area contributed by atoms with Gasteiger partial charge in [-0.25, -0.2) is 4.79 Å². The number of unbranched alkanes of at least 4 members (excludes halogenated alkanes) is 1. The number of nitrogens with two attached hydrogens (primary N) is 1. The van der Waals surface area contributed by atoms with Crippen LogP contribution in [0.15, 0.2) is 169 Å². The van der Waals surface area contributed by atoms with E-state index in [4.69, 9.17) is 19.9 Å². The fraction of sp³-hybridized carbons (Fsp3) is 0.375. The number of carbonyl (C=O) groups excluding carboxylic acids is 3. The molecule has 370 valence electrons. The van der Waals surface area contributed by atoms with Gasteiger partial charge in [-0.1, -0.05) is 208 Å². The van der Waals surface area contributed by atoms with Crippen molar-refractivity contribution in [2.24, 2.45) is 27.6 Å². The second-order valence-corrected chi connectivity index (χ2v) is 16.3. The van der Waals surface area contributed by atoms with Gasteiger partial charge in [-0.3, -0.25) is 19.6 Å². The molecule has 10 nitrogen and oxygen atoms in total. The number of allylic oxidation sites excluding steroid dienone is 2. The van der Waals surface area contributed by atoms with Crippen molar-refractivity contribution in [3.05, 3.63) is 181 Å². The Labute approximate surface area is 442 Å². The number of benzene rings is 4. The zero-order valence-corrected chi connectivity index (χ0v) is 45.1. The summed E-state index contributed by atoms with van der Waals surface area (Å²) in [6.45, 7) is 20.2. The van der Waals surface area contributed by atoms with Crippen molar-refractivity contribution in [2.75, 3.05) is 43.6 Å². The Morgan fingerprint density at radius 3 is 1.41 bits per heavy atom. The van der Waals surface area contributed by atoms with E-state index < -0.39 is 11.1 Å². The van der Waals surface area contributed by atoms with E-state index in [0.29, 0.717) is 32.7 Å². The topological polar surface area (TPSA) is 153 Å². The smallest absolute Gasteiger partial charge is 0.854 e. The first-order chi connectivity index (χ1) is 32.8. The Bertz CT molecular complexity index is 1980. The normalized spacial score (nSPS) is 17.7. The summed E-state index contributed by atoms with van der Waals surface area (Å²) in [7, 11) is 0. The van der Waals surface area contributed by atoms with Crippen LogP contribution in [0.2, 0.25) is 0 Å². The molecule has 13 heteroatoms. The van der Waals surface area contributed by atoms with Gasteiger partial charge in [0, 0.05) is 34.9 Å². The Morgan fingerprint density at radius 1 is 0.667 bits per heavy atom. The molecule has 0 aliphatic heterocycles. The molecule has 4 unspecified atom stereocenters. The van der Waals surface area contributed by atoms with Crippen molar-refractivity contribution in [3.8, 4) is 0 Å². The van der Waals surface area contributed by atoms with Crippen molar-refractivity contribution >= 4 is 62.2 Å². The second kappa shape index (κ2) is 42.2. The van der Waals surface area contributed by atoms with Crippen LogP contribution in [0.1, 0.15) is 75.6 Å². The van der Waals surface area contributed by atoms with E-state index in [1.165, 1.54) is 11.1 Å². The summed E-state index contributed by atoms with van der Waals surface area (Å²) in [5, 5.41) is 11.4. The largest absolute Gasteiger partial charge is 1.00 e. The third-order valence-corrected chi connectivity index (χ3v) is 10.2. The summed E-state index contributed by atoms with van der Waals surface area (Å²) in [4.78, 5) is 42.3. The SMILES string of the molecule is BrC/C=C/CBr.C=CC1CC1(N)C(=O)OCC.C=CC1CC1(N=Cc1ccccc1)C(=O)OCC.CCCC[O-].CCOC(=O)CN=Cc1ccccc1.Cc1ccccc1.Cc1ccccc1.[Li+]. The molecule has 4 aromatic rings. The third-order valence-electron chi connectivity index (χ3n) is 9.43. The molecule has 4 atom stereocenters. The summed E-state index contributed by atoms with van der Waals surface area (Å²) < 4.78 is 14.6. The van der Waals surface area contributed by atoms with Gasteiger partial charge in [0.05, 0.1) is 19.8 Å². The fourth-order valence-electron chi connectivity index (χ4n) is 5.38. The van der Waals surface area contributed by atoms with Gasteiger partial charge in [0.2, 0.25) is 0 Å². The number of nitrogens with zero attached hydrogens (tertiary/aromatic N) is 2. The number of alkyl halides is 2. The maximum Gasteiger partial charge on any atom is 1.00 e. The molecule has 0 bridgehead atoms. The van der Waals surface area contributed by atoms with Gasteiger partial charge in [0.15, 0.2) is 5.54 Å². The molecule has 0 heterocycles. The van der Waals surface area contributed by atoms with Crippen molar-refractivity contribution in [1.82, 2.24) is 0 Å². The maximum absolute atomic E-state index is 11.9. The summed E-state index contributed by atoms with van der Waals surface area (Å²) >= 11 is 6.49. The minimum Gasteiger partial charge on any atom is -0.854 e. The molecule has 2 aliphatic rings. The summed E-state index contributed by atoms with van der Waals surface area (Å²) in [5.74, 6) is -0.635. The van der Waals surface area contributed by atoms with Crippen molar-refractivity contribution in [1.29, 1.82) is 0 Å². The van der Waals surface area contributed by atoms with Crippen LogP contribution in [-0.4, -0.2) is 85.0 Å². The minimum absolute atomic E-state index is 0. The van der Waals surface area contributed by atoms with Gasteiger partial charge < -0.3 is 25.1 Å². The fourth-order valence-corrected chi connectivity index (χ4v) is 5.91. The molecule has 0 radical (unpaired) electrons. The first kappa shape index (κ1) is 66.4. The van der Waals surface area contributed by atoms with E-state index in [1.54, 1.807) is 45.4 Å². The number of aryl methyl sites for hydroxylation is 2. The molecule has 4 aromatic carbocycles. The zero-order chi connectivity index (χ0) is 50.9. The van der Waals surface area contributed by atoms with Crippen LogP contribution in [0.5, 0.6) is 0 Å². The number of halogens is 2. The molecule has 0 aromatic heterocycles. The number of carbonyl (C=O) groups is 3. The predicted octanol–water partition coefficient (Wildman–Crippen LogP) is 8.21. The summed E-state index contributed by atoms with van der Waals surface area (Å²) in [5.41, 5.74) is 8.81. The number of rotatable bonds is 16. The van der Waals surface area contributed by atoms with Crippen LogP contribution in [0.25, 0.3) is 0 Å². The molecule has 6 rings (SSSR count). The van der Waals surface area contributed by atoms with Crippen LogP contribution in [0, 0.1) is 25.7 Å². The van der Waals surface area contributed by atoms with Gasteiger partial charge in [0.25, 0.3) is 0 Å². The minimum atomic E-state index is -0.752. The molecule has 0 amide bonds. The number of ether oxygens (including phenoxy) is 3. The molecule has 2 saturated carbocycles. The maximum atomic E-state index is 11.9. The molecule has 0 saturated heterocycles. The van der Waals surface area contributed by atoms with Crippen molar-refractivity contribution in [3.63, 3.8) is 0 Å². The van der Waals surface area contributed by atoms with Gasteiger partial charge in [-0.2, -0.15) is 0 Å². The van der Waals surface area contributed by atoms with E-state index in [-0.39, 0.29) is 61.8 Å². The van der Waals surface area contributed by atoms with Crippen LogP contribution >= 0.6 is 31.9 Å². The van der Waals surface area contributed by atoms with E-state index >= 15 is 0 Å². The van der Waals surface area contributed by atoms with Gasteiger partial charge in [-0.15, -0.1) is 19.8 Å². The van der Waals surface area contributed by atoms with Crippen LogP contribution in [0.4, 0.5) is 0 Å². The molecule has 69 heavy (non-hydrogen) atoms. The van der Waals surface area contributed by atoms with E-state index in [1.807, 2.05) is 104 Å². The number of esters is 3. The van der Waals surface area contributed by atoms with Crippen molar-refractivity contribution in [2.45, 2.75) is 78.3 Å². The van der Waals surface area contributed by atoms with E-state index in [2.05, 4.69) is 105 Å². The summed E-state index contributed by atoms with van der Waals surface area (Å²) in [6, 6.07) is 39.9. The Morgan fingerprint density at radius 2 is 1.09 bits per heavy atom. The number of aliphatic imine (C=N–C) groups is 2. The molecule has 2 aliphatic carbocycles.